The van der Waals surface area contributed by atoms with Gasteiger partial charge in [0.25, 0.3) is 0 Å². The molecular weight excluding hydrogens is 1000 g/mol. The summed E-state index contributed by atoms with van der Waals surface area (Å²) in [6, 6.07) is 7.85. The molecule has 1 aromatic rings. The van der Waals surface area contributed by atoms with Gasteiger partial charge in [-0.2, -0.15) is 0 Å². The average Bonchev–Trinajstić information content (AvgIpc) is 3.58. The number of Topliss-reactive ketones (excluding diaryl/α,β-unsaturated/α-hetero) is 7. The maximum atomic E-state index is 12.4. The third-order valence-corrected chi connectivity index (χ3v) is 12.6. The lowest BCUT2D eigenvalue weighted by atomic mass is 9.76. The number of amides is 2. The number of unbranched alkanes of at least 4 members (excludes halogenated alkanes) is 1. The second-order valence-corrected chi connectivity index (χ2v) is 29.2. The van der Waals surface area contributed by atoms with Gasteiger partial charge < -0.3 is 11.1 Å². The van der Waals surface area contributed by atoms with E-state index in [0.29, 0.717) is 81.8 Å². The highest BCUT2D eigenvalue weighted by Crippen LogP contribution is 2.36. The maximum Gasteiger partial charge on any atom is 0.233 e. The molecule has 12 nitrogen and oxygen atoms in total. The molecule has 466 valence electrons. The Hall–Kier alpha value is -4.03. The fourth-order valence-corrected chi connectivity index (χ4v) is 8.20. The summed E-state index contributed by atoms with van der Waals surface area (Å²) in [5.41, 5.74) is 6.43. The predicted molar refractivity (Wildman–Crippen MR) is 337 cm³/mol. The number of carbonyl (C=O) groups excluding carboxylic acids is 9. The van der Waals surface area contributed by atoms with Crippen molar-refractivity contribution in [2.24, 2.45) is 61.9 Å². The minimum atomic E-state index is -0.383. The molecule has 2 unspecified atom stereocenters. The lowest BCUT2D eigenvalue weighted by molar-refractivity contribution is -0.142. The molecular formula is C68H125N3O9. The number of hydrogen-bond acceptors (Lipinski definition) is 11. The van der Waals surface area contributed by atoms with Crippen LogP contribution in [-0.4, -0.2) is 83.9 Å². The first kappa shape index (κ1) is 84.8. The lowest BCUT2D eigenvalue weighted by Gasteiger charge is -2.26. The minimum absolute atomic E-state index is 0. The topological polar surface area (TPSA) is 195 Å². The Labute approximate surface area is 491 Å². The second kappa shape index (κ2) is 39.5. The van der Waals surface area contributed by atoms with E-state index >= 15 is 0 Å². The van der Waals surface area contributed by atoms with Crippen molar-refractivity contribution < 1.29 is 43.2 Å². The first-order valence-electron chi connectivity index (χ1n) is 29.4. The second-order valence-electron chi connectivity index (χ2n) is 29.2. The Morgan fingerprint density at radius 1 is 0.600 bits per heavy atom. The number of nitrogens with one attached hydrogen (secondary N) is 1. The summed E-state index contributed by atoms with van der Waals surface area (Å²) in [5.74, 6) is 2.02. The molecule has 0 saturated carbocycles. The van der Waals surface area contributed by atoms with Crippen molar-refractivity contribution in [1.82, 2.24) is 10.2 Å². The number of imide groups is 1. The van der Waals surface area contributed by atoms with Gasteiger partial charge in [-0.3, -0.25) is 48.1 Å². The van der Waals surface area contributed by atoms with E-state index in [1.54, 1.807) is 6.92 Å². The van der Waals surface area contributed by atoms with Gasteiger partial charge in [-0.15, -0.1) is 0 Å². The van der Waals surface area contributed by atoms with E-state index in [1.165, 1.54) is 4.90 Å². The summed E-state index contributed by atoms with van der Waals surface area (Å²) in [5, 5.41) is 2.75. The van der Waals surface area contributed by atoms with Crippen LogP contribution in [0.5, 0.6) is 0 Å². The number of rotatable bonds is 21. The van der Waals surface area contributed by atoms with Gasteiger partial charge in [0.05, 0.1) is 5.92 Å². The monoisotopic (exact) mass is 1130 g/mol. The van der Waals surface area contributed by atoms with E-state index in [9.17, 15) is 43.2 Å². The number of nitrogens with two attached hydrogens (primary N) is 1. The van der Waals surface area contributed by atoms with Crippen LogP contribution < -0.4 is 11.1 Å². The first-order valence-corrected chi connectivity index (χ1v) is 29.4. The van der Waals surface area contributed by atoms with Gasteiger partial charge in [-0.25, -0.2) is 0 Å². The summed E-state index contributed by atoms with van der Waals surface area (Å²) >= 11 is 0. The van der Waals surface area contributed by atoms with Crippen molar-refractivity contribution in [3.63, 3.8) is 0 Å². The van der Waals surface area contributed by atoms with Gasteiger partial charge in [-0.1, -0.05) is 190 Å². The van der Waals surface area contributed by atoms with Crippen LogP contribution in [0.4, 0.5) is 0 Å². The van der Waals surface area contributed by atoms with E-state index in [-0.39, 0.29) is 104 Å². The summed E-state index contributed by atoms with van der Waals surface area (Å²) in [6.45, 7) is 49.4. The summed E-state index contributed by atoms with van der Waals surface area (Å²) in [4.78, 5) is 107. The highest BCUT2D eigenvalue weighted by molar-refractivity contribution is 6.04. The van der Waals surface area contributed by atoms with Gasteiger partial charge in [0.2, 0.25) is 11.8 Å². The van der Waals surface area contributed by atoms with E-state index < -0.39 is 0 Å². The molecule has 1 aliphatic rings. The Morgan fingerprint density at radius 2 is 1.05 bits per heavy atom. The molecule has 0 radical (unpaired) electrons. The van der Waals surface area contributed by atoms with Crippen molar-refractivity contribution in [2.75, 3.05) is 20.6 Å². The van der Waals surface area contributed by atoms with E-state index in [2.05, 4.69) is 39.9 Å². The van der Waals surface area contributed by atoms with E-state index in [0.717, 1.165) is 36.8 Å². The van der Waals surface area contributed by atoms with Gasteiger partial charge in [0.1, 0.15) is 40.5 Å². The fraction of sp³-hybridized carbons (Fsp3) is 0.779. The Kier molecular flexibility index (Phi) is 41.8. The number of ketones is 7. The Morgan fingerprint density at radius 3 is 1.36 bits per heavy atom. The fourth-order valence-electron chi connectivity index (χ4n) is 8.20. The molecule has 1 aliphatic heterocycles. The van der Waals surface area contributed by atoms with Gasteiger partial charge >= 0.3 is 0 Å². The molecule has 12 heteroatoms. The Bertz CT molecular complexity index is 2000. The Balaban J connectivity index is -0.000000299. The standard InChI is InChI=1S/C20H28O3.C16H31NO2.C11H19NO2.C10H20O.C8H16O.C2H7N.CH4/c1-15(21)14-17-10-8-16(9-11-17)12-13-18(22)6-5-7-19(23)20(2,3)4;1-15(2,3)13(18)11-12(9-7-8-10-17)14(19)16(4,5)6;1-7(2)12-9(13)6-8(10(12)14)11(3,4)5;1-8(2)6-9(11)7-10(3,4)5;1-6(2)7(9)8(3,4)5;1-3-2;/h8-11H,5-7,12-14H2,1-4H3;12H,7-11,17H2,1-6H3;7-8H,6H2,1-5H3;8H,6-7H2,1-5H3;6H,1-5H3;3H,1-2H3;1H4. The molecule has 0 aliphatic carbocycles. The average molecular weight is 1130 g/mol. The smallest absolute Gasteiger partial charge is 0.233 e. The highest BCUT2D eigenvalue weighted by atomic mass is 16.2. The highest BCUT2D eigenvalue weighted by Gasteiger charge is 2.45. The van der Waals surface area contributed by atoms with Gasteiger partial charge in [0, 0.05) is 90.9 Å². The van der Waals surface area contributed by atoms with Gasteiger partial charge in [-0.05, 0) is 95.0 Å². The molecule has 2 rings (SSSR count). The minimum Gasteiger partial charge on any atom is -0.330 e. The predicted octanol–water partition coefficient (Wildman–Crippen LogP) is 15.0. The molecule has 0 aromatic heterocycles. The summed E-state index contributed by atoms with van der Waals surface area (Å²) in [6.07, 6.45) is 8.08. The third kappa shape index (κ3) is 41.9. The molecule has 80 heavy (non-hydrogen) atoms. The van der Waals surface area contributed by atoms with Crippen molar-refractivity contribution in [1.29, 1.82) is 0 Å². The zero-order valence-corrected chi connectivity index (χ0v) is 55.8. The lowest BCUT2D eigenvalue weighted by Crippen LogP contribution is -2.38. The number of benzene rings is 1. The summed E-state index contributed by atoms with van der Waals surface area (Å²) in [7, 11) is 3.75. The van der Waals surface area contributed by atoms with Crippen LogP contribution in [-0.2, 0) is 56.0 Å². The quantitative estimate of drug-likeness (QED) is 0.0878. The van der Waals surface area contributed by atoms with Crippen LogP contribution in [0.15, 0.2) is 24.3 Å². The van der Waals surface area contributed by atoms with Crippen LogP contribution in [0.1, 0.15) is 262 Å². The normalized spacial score (nSPS) is 14.1. The summed E-state index contributed by atoms with van der Waals surface area (Å²) < 4.78 is 0. The third-order valence-electron chi connectivity index (χ3n) is 12.6. The molecule has 0 bridgehead atoms. The van der Waals surface area contributed by atoms with Crippen LogP contribution in [0, 0.1) is 56.2 Å². The van der Waals surface area contributed by atoms with Crippen molar-refractivity contribution >= 4 is 52.3 Å². The van der Waals surface area contributed by atoms with E-state index in [4.69, 9.17) is 5.73 Å². The zero-order chi connectivity index (χ0) is 63.2. The number of nitrogens with zero attached hydrogens (tertiary/aromatic N) is 1. The molecule has 1 heterocycles. The molecule has 2 atom stereocenters. The molecule has 1 aromatic carbocycles. The van der Waals surface area contributed by atoms with Crippen LogP contribution in [0.2, 0.25) is 0 Å². The van der Waals surface area contributed by atoms with Crippen LogP contribution in [0.25, 0.3) is 0 Å². The number of aryl methyl sites for hydroxylation is 1. The zero-order valence-electron chi connectivity index (χ0n) is 55.8. The van der Waals surface area contributed by atoms with Crippen molar-refractivity contribution in [2.45, 2.75) is 270 Å². The molecule has 0 spiro atoms. The SMILES string of the molecule is C.CC(=O)Cc1ccc(CCC(=O)CCCC(=O)C(C)(C)C)cc1.CC(C)(C)C(=O)CC(CCCCN)C(=O)C(C)(C)C.CC(C)C(=O)C(C)(C)C.CC(C)CC(=O)CC(C)(C)C.CC(C)N1C(=O)CC(C(C)(C)C)C1=O.CNC. The number of hydrogen-bond donors (Lipinski definition) is 2. The van der Waals surface area contributed by atoms with Crippen molar-refractivity contribution in [3.8, 4) is 0 Å². The first-order chi connectivity index (χ1) is 35.5. The molecule has 1 fully saturated rings. The van der Waals surface area contributed by atoms with Crippen LogP contribution >= 0.6 is 0 Å². The van der Waals surface area contributed by atoms with E-state index in [1.807, 2.05) is 170 Å². The molecule has 3 N–H and O–H groups in total. The largest absolute Gasteiger partial charge is 0.330 e. The van der Waals surface area contributed by atoms with Crippen LogP contribution in [0.3, 0.4) is 0 Å². The maximum absolute atomic E-state index is 12.4. The molecule has 1 saturated heterocycles. The molecule has 2 amide bonds. The number of carbonyl (C=O) groups is 9. The van der Waals surface area contributed by atoms with Crippen molar-refractivity contribution in [3.05, 3.63) is 35.4 Å². The number of likely N-dealkylation sites (tertiary alicyclic amines) is 1. The van der Waals surface area contributed by atoms with Gasteiger partial charge in [0.15, 0.2) is 0 Å².